The molecule has 1 N–H and O–H groups in total. The van der Waals surface area contributed by atoms with Crippen molar-refractivity contribution >= 4 is 33.0 Å². The Kier molecular flexibility index (Phi) is 6.24. The van der Waals surface area contributed by atoms with Crippen LogP contribution in [0.15, 0.2) is 15.9 Å². The van der Waals surface area contributed by atoms with E-state index in [1.165, 1.54) is 0 Å². The van der Waals surface area contributed by atoms with Crippen molar-refractivity contribution in [3.63, 3.8) is 0 Å². The molecule has 1 rings (SSSR count). The maximum absolute atomic E-state index is 11.6. The molecule has 1 aromatic rings. The van der Waals surface area contributed by atoms with Gasteiger partial charge in [-0.25, -0.2) is 0 Å². The monoisotopic (exact) mass is 303 g/mol. The Morgan fingerprint density at radius 2 is 2.25 bits per heavy atom. The van der Waals surface area contributed by atoms with Crippen molar-refractivity contribution in [1.82, 2.24) is 5.32 Å². The van der Waals surface area contributed by atoms with Gasteiger partial charge < -0.3 is 5.32 Å². The lowest BCUT2D eigenvalue weighted by Crippen LogP contribution is -2.24. The Bertz CT molecular complexity index is 336. The molecule has 0 aromatic carbocycles. The van der Waals surface area contributed by atoms with E-state index in [0.717, 1.165) is 21.6 Å². The van der Waals surface area contributed by atoms with Gasteiger partial charge in [0.25, 0.3) is 0 Å². The number of halogens is 1. The molecule has 0 fully saturated rings. The van der Waals surface area contributed by atoms with Gasteiger partial charge in [-0.05, 0) is 41.0 Å². The van der Waals surface area contributed by atoms with E-state index in [-0.39, 0.29) is 0 Å². The first-order valence-corrected chi connectivity index (χ1v) is 7.18. The molecule has 0 aliphatic heterocycles. The van der Waals surface area contributed by atoms with Crippen molar-refractivity contribution < 1.29 is 4.79 Å². The summed E-state index contributed by atoms with van der Waals surface area (Å²) in [7, 11) is 0. The third-order valence-corrected chi connectivity index (χ3v) is 3.81. The summed E-state index contributed by atoms with van der Waals surface area (Å²) in [6, 6.07) is 4.51. The molecule has 0 unspecified atom stereocenters. The van der Waals surface area contributed by atoms with Crippen molar-refractivity contribution in [2.45, 2.75) is 39.2 Å². The summed E-state index contributed by atoms with van der Waals surface area (Å²) in [5.41, 5.74) is 0. The van der Waals surface area contributed by atoms with Gasteiger partial charge in [0, 0.05) is 23.8 Å². The van der Waals surface area contributed by atoms with Crippen molar-refractivity contribution in [2.75, 3.05) is 6.54 Å². The van der Waals surface area contributed by atoms with Crippen molar-refractivity contribution in [1.29, 1.82) is 0 Å². The number of Topliss-reactive ketones (excluding diaryl/α,β-unsaturated/α-hetero) is 1. The second-order valence-corrected chi connectivity index (χ2v) is 6.68. The minimum atomic E-state index is 0.333. The third-order valence-electron chi connectivity index (χ3n) is 2.19. The predicted molar refractivity (Wildman–Crippen MR) is 73.1 cm³/mol. The molecule has 0 atom stereocenters. The molecule has 0 saturated heterocycles. The van der Waals surface area contributed by atoms with Crippen LogP contribution in [0.4, 0.5) is 0 Å². The number of hydrogen-bond acceptors (Lipinski definition) is 3. The topological polar surface area (TPSA) is 29.1 Å². The maximum atomic E-state index is 11.6. The van der Waals surface area contributed by atoms with Gasteiger partial charge in [-0.3, -0.25) is 4.79 Å². The van der Waals surface area contributed by atoms with E-state index in [4.69, 9.17) is 0 Å². The highest BCUT2D eigenvalue weighted by molar-refractivity contribution is 9.11. The molecule has 0 saturated carbocycles. The van der Waals surface area contributed by atoms with Gasteiger partial charge in [0.05, 0.1) is 3.79 Å². The minimum Gasteiger partial charge on any atom is -0.315 e. The number of thiophene rings is 1. The van der Waals surface area contributed by atoms with Crippen LogP contribution in [-0.2, 0) is 11.2 Å². The summed E-state index contributed by atoms with van der Waals surface area (Å²) in [6.45, 7) is 5.16. The lowest BCUT2D eigenvalue weighted by atomic mass is 10.1. The largest absolute Gasteiger partial charge is 0.315 e. The Morgan fingerprint density at radius 1 is 1.50 bits per heavy atom. The molecule has 0 bridgehead atoms. The number of carbonyl (C=O) groups excluding carboxylic acids is 1. The zero-order valence-electron chi connectivity index (χ0n) is 9.75. The summed E-state index contributed by atoms with van der Waals surface area (Å²) < 4.78 is 1.09. The molecule has 16 heavy (non-hydrogen) atoms. The smallest absolute Gasteiger partial charge is 0.138 e. The highest BCUT2D eigenvalue weighted by Gasteiger charge is 2.05. The second kappa shape index (κ2) is 7.20. The molecule has 90 valence electrons. The van der Waals surface area contributed by atoms with Crippen LogP contribution in [0, 0.1) is 0 Å². The fourth-order valence-electron chi connectivity index (χ4n) is 1.41. The summed E-state index contributed by atoms with van der Waals surface area (Å²) in [5, 5.41) is 3.31. The molecule has 0 aliphatic carbocycles. The summed E-state index contributed by atoms with van der Waals surface area (Å²) in [4.78, 5) is 12.8. The van der Waals surface area contributed by atoms with Crippen LogP contribution in [0.3, 0.4) is 0 Å². The highest BCUT2D eigenvalue weighted by Crippen LogP contribution is 2.22. The van der Waals surface area contributed by atoms with Gasteiger partial charge in [-0.15, -0.1) is 11.3 Å². The lowest BCUT2D eigenvalue weighted by Gasteiger charge is -2.06. The first kappa shape index (κ1) is 13.9. The lowest BCUT2D eigenvalue weighted by molar-refractivity contribution is -0.118. The number of rotatable bonds is 7. The SMILES string of the molecule is CC(C)NCCCC(=O)Cc1ccc(Br)s1. The first-order valence-electron chi connectivity index (χ1n) is 5.57. The Hall–Kier alpha value is -0.190. The fraction of sp³-hybridized carbons (Fsp3) is 0.583. The van der Waals surface area contributed by atoms with Crippen LogP contribution in [0.25, 0.3) is 0 Å². The number of carbonyl (C=O) groups is 1. The average molecular weight is 304 g/mol. The van der Waals surface area contributed by atoms with E-state index >= 15 is 0 Å². The molecule has 0 amide bonds. The standard InChI is InChI=1S/C12H18BrNOS/c1-9(2)14-7-3-4-10(15)8-11-5-6-12(13)16-11/h5-6,9,14H,3-4,7-8H2,1-2H3. The Balaban J connectivity index is 2.16. The molecule has 0 radical (unpaired) electrons. The van der Waals surface area contributed by atoms with E-state index in [9.17, 15) is 4.79 Å². The molecule has 1 aromatic heterocycles. The highest BCUT2D eigenvalue weighted by atomic mass is 79.9. The number of hydrogen-bond donors (Lipinski definition) is 1. The molecule has 2 nitrogen and oxygen atoms in total. The zero-order chi connectivity index (χ0) is 12.0. The molecule has 4 heteroatoms. The van der Waals surface area contributed by atoms with Gasteiger partial charge in [0.15, 0.2) is 0 Å². The van der Waals surface area contributed by atoms with Crippen LogP contribution < -0.4 is 5.32 Å². The van der Waals surface area contributed by atoms with Crippen molar-refractivity contribution in [2.24, 2.45) is 0 Å². The van der Waals surface area contributed by atoms with Crippen LogP contribution >= 0.6 is 27.3 Å². The average Bonchev–Trinajstić information content (AvgIpc) is 2.58. The quantitative estimate of drug-likeness (QED) is 0.782. The van der Waals surface area contributed by atoms with E-state index in [0.29, 0.717) is 24.7 Å². The van der Waals surface area contributed by atoms with Gasteiger partial charge >= 0.3 is 0 Å². The van der Waals surface area contributed by atoms with Gasteiger partial charge in [0.1, 0.15) is 5.78 Å². The molecule has 0 spiro atoms. The fourth-order valence-corrected chi connectivity index (χ4v) is 2.92. The van der Waals surface area contributed by atoms with Gasteiger partial charge in [-0.1, -0.05) is 13.8 Å². The zero-order valence-corrected chi connectivity index (χ0v) is 12.2. The molecular weight excluding hydrogens is 286 g/mol. The minimum absolute atomic E-state index is 0.333. The normalized spacial score (nSPS) is 11.0. The van der Waals surface area contributed by atoms with E-state index in [2.05, 4.69) is 35.1 Å². The Morgan fingerprint density at radius 3 is 2.81 bits per heavy atom. The number of ketones is 1. The molecule has 0 aliphatic rings. The third kappa shape index (κ3) is 5.77. The van der Waals surface area contributed by atoms with Crippen LogP contribution in [0.1, 0.15) is 31.6 Å². The van der Waals surface area contributed by atoms with Crippen LogP contribution in [0.2, 0.25) is 0 Å². The number of nitrogens with one attached hydrogen (secondary N) is 1. The summed E-state index contributed by atoms with van der Waals surface area (Å²) >= 11 is 5.04. The molecule has 1 heterocycles. The summed E-state index contributed by atoms with van der Waals surface area (Å²) in [5.74, 6) is 0.333. The van der Waals surface area contributed by atoms with Crippen molar-refractivity contribution in [3.05, 3.63) is 20.8 Å². The predicted octanol–water partition coefficient (Wildman–Crippen LogP) is 3.40. The molecular formula is C12H18BrNOS. The van der Waals surface area contributed by atoms with Gasteiger partial charge in [0.2, 0.25) is 0 Å². The van der Waals surface area contributed by atoms with E-state index < -0.39 is 0 Å². The van der Waals surface area contributed by atoms with Crippen molar-refractivity contribution in [3.8, 4) is 0 Å². The second-order valence-electron chi connectivity index (χ2n) is 4.13. The van der Waals surface area contributed by atoms with Gasteiger partial charge in [-0.2, -0.15) is 0 Å². The first-order chi connectivity index (χ1) is 7.58. The van der Waals surface area contributed by atoms with E-state index in [1.54, 1.807) is 11.3 Å². The Labute approximate surface area is 110 Å². The van der Waals surface area contributed by atoms with Crippen LogP contribution in [-0.4, -0.2) is 18.4 Å². The maximum Gasteiger partial charge on any atom is 0.138 e. The summed E-state index contributed by atoms with van der Waals surface area (Å²) in [6.07, 6.45) is 2.19. The van der Waals surface area contributed by atoms with E-state index in [1.807, 2.05) is 12.1 Å². The van der Waals surface area contributed by atoms with Crippen LogP contribution in [0.5, 0.6) is 0 Å².